The van der Waals surface area contributed by atoms with Gasteiger partial charge in [-0.2, -0.15) is 0 Å². The van der Waals surface area contributed by atoms with Gasteiger partial charge in [-0.25, -0.2) is 4.68 Å². The summed E-state index contributed by atoms with van der Waals surface area (Å²) in [6.07, 6.45) is 4.04. The third kappa shape index (κ3) is 5.20. The van der Waals surface area contributed by atoms with E-state index in [2.05, 4.69) is 27.9 Å². The van der Waals surface area contributed by atoms with Gasteiger partial charge in [0.15, 0.2) is 5.69 Å². The van der Waals surface area contributed by atoms with Gasteiger partial charge >= 0.3 is 0 Å². The fourth-order valence-electron chi connectivity index (χ4n) is 3.15. The van der Waals surface area contributed by atoms with Crippen molar-refractivity contribution in [3.05, 3.63) is 35.7 Å². The Bertz CT molecular complexity index is 743. The third-order valence-corrected chi connectivity index (χ3v) is 4.69. The number of unbranched alkanes of at least 4 members (excludes halogenated alkanes) is 1. The van der Waals surface area contributed by atoms with Crippen molar-refractivity contribution in [3.8, 4) is 5.75 Å². The van der Waals surface area contributed by atoms with Crippen LogP contribution in [0.5, 0.6) is 5.75 Å². The van der Waals surface area contributed by atoms with Crippen LogP contribution >= 0.6 is 12.4 Å². The number of para-hydroxylation sites is 2. The molecule has 1 aromatic heterocycles. The van der Waals surface area contributed by atoms with E-state index < -0.39 is 0 Å². The lowest BCUT2D eigenvalue weighted by Gasteiger charge is -2.23. The number of aromatic nitrogens is 3. The first-order valence-corrected chi connectivity index (χ1v) is 9.36. The highest BCUT2D eigenvalue weighted by Crippen LogP contribution is 2.25. The Morgan fingerprint density at radius 2 is 2.07 bits per heavy atom. The topological polar surface area (TPSA) is 81.1 Å². The van der Waals surface area contributed by atoms with Crippen molar-refractivity contribution >= 4 is 24.0 Å². The van der Waals surface area contributed by atoms with E-state index in [1.54, 1.807) is 0 Å². The minimum absolute atomic E-state index is 0. The van der Waals surface area contributed by atoms with Gasteiger partial charge in [-0.15, -0.1) is 17.5 Å². The second kappa shape index (κ2) is 10.3. The second-order valence-electron chi connectivity index (χ2n) is 6.60. The van der Waals surface area contributed by atoms with E-state index in [4.69, 9.17) is 4.74 Å². The van der Waals surface area contributed by atoms with Gasteiger partial charge < -0.3 is 15.4 Å². The van der Waals surface area contributed by atoms with Crippen LogP contribution in [0.2, 0.25) is 0 Å². The van der Waals surface area contributed by atoms with Crippen molar-refractivity contribution in [2.75, 3.05) is 25.0 Å². The standard InChI is InChI=1S/C19H27N5O2.ClH/c1-3-4-13-26-17-8-6-5-7-16(17)21-19(25)18-14(2)24(23-22-18)15-9-11-20-12-10-15;/h5-8,15,20H,3-4,9-13H2,1-2H3,(H,21,25);1H. The van der Waals surface area contributed by atoms with Gasteiger partial charge in [0.2, 0.25) is 0 Å². The van der Waals surface area contributed by atoms with Crippen LogP contribution in [0.15, 0.2) is 24.3 Å². The summed E-state index contributed by atoms with van der Waals surface area (Å²) in [5.41, 5.74) is 1.83. The first-order chi connectivity index (χ1) is 12.7. The molecule has 0 aliphatic carbocycles. The minimum Gasteiger partial charge on any atom is -0.491 e. The van der Waals surface area contributed by atoms with Gasteiger partial charge in [0, 0.05) is 0 Å². The van der Waals surface area contributed by atoms with Crippen LogP contribution in [-0.4, -0.2) is 40.6 Å². The maximum absolute atomic E-state index is 12.7. The molecule has 0 radical (unpaired) electrons. The van der Waals surface area contributed by atoms with Crippen LogP contribution in [0.3, 0.4) is 0 Å². The molecule has 3 rings (SSSR count). The number of amides is 1. The molecule has 2 aromatic rings. The van der Waals surface area contributed by atoms with Gasteiger partial charge in [-0.1, -0.05) is 30.7 Å². The molecule has 1 amide bonds. The summed E-state index contributed by atoms with van der Waals surface area (Å²) in [5.74, 6) is 0.423. The van der Waals surface area contributed by atoms with Crippen molar-refractivity contribution in [1.29, 1.82) is 0 Å². The van der Waals surface area contributed by atoms with Crippen molar-refractivity contribution in [3.63, 3.8) is 0 Å². The molecule has 2 N–H and O–H groups in total. The molecule has 0 bridgehead atoms. The molecule has 0 unspecified atom stereocenters. The Balaban J connectivity index is 0.00000261. The molecule has 0 atom stereocenters. The molecule has 2 heterocycles. The quantitative estimate of drug-likeness (QED) is 0.705. The van der Waals surface area contributed by atoms with Crippen molar-refractivity contribution in [2.45, 2.75) is 45.6 Å². The van der Waals surface area contributed by atoms with Gasteiger partial charge in [-0.3, -0.25) is 4.79 Å². The summed E-state index contributed by atoms with van der Waals surface area (Å²) in [7, 11) is 0. The highest BCUT2D eigenvalue weighted by Gasteiger charge is 2.23. The lowest BCUT2D eigenvalue weighted by Crippen LogP contribution is -2.30. The zero-order valence-corrected chi connectivity index (χ0v) is 16.7. The highest BCUT2D eigenvalue weighted by molar-refractivity contribution is 6.04. The molecular weight excluding hydrogens is 366 g/mol. The summed E-state index contributed by atoms with van der Waals surface area (Å²) in [6.45, 7) is 6.59. The number of rotatable bonds is 7. The summed E-state index contributed by atoms with van der Waals surface area (Å²) < 4.78 is 7.67. The lowest BCUT2D eigenvalue weighted by atomic mass is 10.1. The average molecular weight is 394 g/mol. The van der Waals surface area contributed by atoms with Gasteiger partial charge in [-0.05, 0) is 51.4 Å². The predicted molar refractivity (Wildman–Crippen MR) is 108 cm³/mol. The Labute approximate surface area is 166 Å². The van der Waals surface area contributed by atoms with Crippen LogP contribution in [0.4, 0.5) is 5.69 Å². The smallest absolute Gasteiger partial charge is 0.278 e. The number of ether oxygens (including phenoxy) is 1. The van der Waals surface area contributed by atoms with E-state index in [1.165, 1.54) is 0 Å². The van der Waals surface area contributed by atoms with Crippen LogP contribution < -0.4 is 15.4 Å². The Hall–Kier alpha value is -2.12. The molecule has 1 aliphatic rings. The zero-order chi connectivity index (χ0) is 18.4. The number of hydrogen-bond acceptors (Lipinski definition) is 5. The summed E-state index contributed by atoms with van der Waals surface area (Å²) in [5, 5.41) is 14.6. The highest BCUT2D eigenvalue weighted by atomic mass is 35.5. The average Bonchev–Trinajstić information content (AvgIpc) is 3.05. The summed E-state index contributed by atoms with van der Waals surface area (Å²) >= 11 is 0. The largest absolute Gasteiger partial charge is 0.491 e. The van der Waals surface area contributed by atoms with E-state index in [0.717, 1.165) is 44.5 Å². The number of nitrogens with one attached hydrogen (secondary N) is 2. The number of nitrogens with zero attached hydrogens (tertiary/aromatic N) is 3. The normalized spacial score (nSPS) is 14.4. The fourth-order valence-corrected chi connectivity index (χ4v) is 3.15. The van der Waals surface area contributed by atoms with Crippen LogP contribution in [0, 0.1) is 6.92 Å². The molecule has 0 spiro atoms. The fraction of sp³-hybridized carbons (Fsp3) is 0.526. The molecule has 27 heavy (non-hydrogen) atoms. The number of benzene rings is 1. The molecule has 1 aromatic carbocycles. The van der Waals surface area contributed by atoms with Crippen LogP contribution in [0.25, 0.3) is 0 Å². The predicted octanol–water partition coefficient (Wildman–Crippen LogP) is 3.36. The van der Waals surface area contributed by atoms with Crippen molar-refractivity contribution in [1.82, 2.24) is 20.3 Å². The molecule has 148 valence electrons. The van der Waals surface area contributed by atoms with E-state index in [-0.39, 0.29) is 18.3 Å². The first-order valence-electron chi connectivity index (χ1n) is 9.36. The van der Waals surface area contributed by atoms with Crippen molar-refractivity contribution in [2.24, 2.45) is 0 Å². The van der Waals surface area contributed by atoms with Crippen LogP contribution in [0.1, 0.15) is 54.8 Å². The monoisotopic (exact) mass is 393 g/mol. The van der Waals surface area contributed by atoms with E-state index >= 15 is 0 Å². The van der Waals surface area contributed by atoms with Gasteiger partial charge in [0.25, 0.3) is 5.91 Å². The molecule has 1 fully saturated rings. The SMILES string of the molecule is CCCCOc1ccccc1NC(=O)c1nnn(C2CCNCC2)c1C.Cl. The number of halogens is 1. The molecule has 7 nitrogen and oxygen atoms in total. The van der Waals surface area contributed by atoms with Crippen molar-refractivity contribution < 1.29 is 9.53 Å². The number of carbonyl (C=O) groups is 1. The molecular formula is C19H28ClN5O2. The van der Waals surface area contributed by atoms with Gasteiger partial charge in [0.1, 0.15) is 5.75 Å². The summed E-state index contributed by atoms with van der Waals surface area (Å²) in [6, 6.07) is 7.78. The number of carbonyl (C=O) groups excluding carboxylic acids is 1. The zero-order valence-electron chi connectivity index (χ0n) is 15.9. The maximum atomic E-state index is 12.7. The van der Waals surface area contributed by atoms with Gasteiger partial charge in [0.05, 0.1) is 24.0 Å². The summed E-state index contributed by atoms with van der Waals surface area (Å²) in [4.78, 5) is 12.7. The lowest BCUT2D eigenvalue weighted by molar-refractivity contribution is 0.102. The molecule has 8 heteroatoms. The van der Waals surface area contributed by atoms with E-state index in [1.807, 2.05) is 35.9 Å². The minimum atomic E-state index is -0.255. The Morgan fingerprint density at radius 1 is 1.33 bits per heavy atom. The Kier molecular flexibility index (Phi) is 8.06. The van der Waals surface area contributed by atoms with E-state index in [0.29, 0.717) is 29.8 Å². The van der Waals surface area contributed by atoms with Crippen LogP contribution in [-0.2, 0) is 0 Å². The molecule has 1 aliphatic heterocycles. The van der Waals surface area contributed by atoms with E-state index in [9.17, 15) is 4.79 Å². The third-order valence-electron chi connectivity index (χ3n) is 4.69. The maximum Gasteiger partial charge on any atom is 0.278 e. The number of piperidine rings is 1. The molecule has 1 saturated heterocycles. The number of anilines is 1. The Morgan fingerprint density at radius 3 is 2.81 bits per heavy atom. The molecule has 0 saturated carbocycles. The number of hydrogen-bond donors (Lipinski definition) is 2. The first kappa shape index (κ1) is 21.2. The second-order valence-corrected chi connectivity index (χ2v) is 6.60.